The van der Waals surface area contributed by atoms with E-state index in [-0.39, 0.29) is 11.1 Å². The Morgan fingerprint density at radius 3 is 2.69 bits per heavy atom. The second kappa shape index (κ2) is 5.31. The highest BCUT2D eigenvalue weighted by atomic mass is 32.2. The van der Waals surface area contributed by atoms with Crippen LogP contribution in [0.3, 0.4) is 0 Å². The van der Waals surface area contributed by atoms with Crippen LogP contribution in [0.4, 0.5) is 0 Å². The number of rotatable bonds is 5. The minimum absolute atomic E-state index is 0.00694. The van der Waals surface area contributed by atoms with Gasteiger partial charge < -0.3 is 4.18 Å². The average Bonchev–Trinajstić information content (AvgIpc) is 2.17. The molecule has 1 heterocycles. The van der Waals surface area contributed by atoms with E-state index in [1.165, 1.54) is 6.07 Å². The predicted molar refractivity (Wildman–Crippen MR) is 60.8 cm³/mol. The zero-order chi connectivity index (χ0) is 12.2. The molecular formula is C9H12NO4S2+. The van der Waals surface area contributed by atoms with Gasteiger partial charge in [-0.1, -0.05) is 13.0 Å². The zero-order valence-corrected chi connectivity index (χ0v) is 10.5. The Balaban J connectivity index is 2.99. The molecule has 0 spiro atoms. The first-order valence-electron chi connectivity index (χ1n) is 4.61. The molecule has 88 valence electrons. The predicted octanol–water partition coefficient (Wildman–Crippen LogP) is 1.30. The van der Waals surface area contributed by atoms with Crippen molar-refractivity contribution < 1.29 is 16.8 Å². The van der Waals surface area contributed by atoms with Crippen LogP contribution in [-0.2, 0) is 26.0 Å². The van der Waals surface area contributed by atoms with Crippen molar-refractivity contribution in [2.75, 3.05) is 6.26 Å². The summed E-state index contributed by atoms with van der Waals surface area (Å²) >= 11 is 0.432. The molecule has 1 aromatic heterocycles. The smallest absolute Gasteiger partial charge is 0.362 e. The van der Waals surface area contributed by atoms with Crippen LogP contribution >= 0.6 is 0 Å². The minimum Gasteiger partial charge on any atom is -0.362 e. The molecule has 0 aliphatic heterocycles. The van der Waals surface area contributed by atoms with Crippen LogP contribution in [0, 0.1) is 0 Å². The number of hydrogen-bond acceptors (Lipinski definition) is 5. The molecule has 7 heteroatoms. The normalized spacial score (nSPS) is 13.1. The van der Waals surface area contributed by atoms with Gasteiger partial charge in [-0.25, -0.2) is 4.98 Å². The molecule has 0 N–H and O–H groups in total. The summed E-state index contributed by atoms with van der Waals surface area (Å²) in [7, 11) is -3.58. The van der Waals surface area contributed by atoms with Gasteiger partial charge in [0.25, 0.3) is 5.25 Å². The van der Waals surface area contributed by atoms with Crippen LogP contribution in [0.2, 0.25) is 0 Å². The summed E-state index contributed by atoms with van der Waals surface area (Å²) in [4.78, 5) is 3.98. The van der Waals surface area contributed by atoms with E-state index in [1.807, 2.05) is 6.92 Å². The molecule has 0 aliphatic carbocycles. The summed E-state index contributed by atoms with van der Waals surface area (Å²) in [5.74, 6) is -0.00694. The van der Waals surface area contributed by atoms with E-state index in [2.05, 4.69) is 9.17 Å². The van der Waals surface area contributed by atoms with Crippen molar-refractivity contribution in [1.29, 1.82) is 0 Å². The molecule has 0 fully saturated rings. The second-order valence-electron chi connectivity index (χ2n) is 3.18. The van der Waals surface area contributed by atoms with E-state index in [1.54, 1.807) is 12.1 Å². The quantitative estimate of drug-likeness (QED) is 0.590. The maximum absolute atomic E-state index is 10.9. The van der Waals surface area contributed by atoms with Gasteiger partial charge in [0, 0.05) is 16.7 Å². The van der Waals surface area contributed by atoms with E-state index in [9.17, 15) is 12.6 Å². The molecule has 0 amide bonds. The first kappa shape index (κ1) is 13.0. The molecule has 0 aliphatic rings. The Hall–Kier alpha value is -1.08. The van der Waals surface area contributed by atoms with Crippen LogP contribution in [0.1, 0.15) is 24.3 Å². The molecule has 1 aromatic rings. The van der Waals surface area contributed by atoms with Gasteiger partial charge in [0.05, 0.1) is 6.26 Å². The fraction of sp³-hybridized carbons (Fsp3) is 0.444. The van der Waals surface area contributed by atoms with Crippen molar-refractivity contribution in [2.24, 2.45) is 0 Å². The Bertz CT molecular complexity index is 472. The Morgan fingerprint density at radius 1 is 1.50 bits per heavy atom. The van der Waals surface area contributed by atoms with E-state index < -0.39 is 10.1 Å². The molecule has 1 atom stereocenters. The lowest BCUT2D eigenvalue weighted by Crippen LogP contribution is -2.08. The van der Waals surface area contributed by atoms with E-state index in [4.69, 9.17) is 0 Å². The first-order valence-corrected chi connectivity index (χ1v) is 7.23. The van der Waals surface area contributed by atoms with Gasteiger partial charge in [0.2, 0.25) is 5.88 Å². The van der Waals surface area contributed by atoms with E-state index in [0.29, 0.717) is 23.8 Å². The molecule has 1 unspecified atom stereocenters. The molecule has 0 saturated heterocycles. The molecule has 0 radical (unpaired) electrons. The largest absolute Gasteiger partial charge is 0.468 e. The summed E-state index contributed by atoms with van der Waals surface area (Å²) < 4.78 is 37.2. The third-order valence-corrected chi connectivity index (χ3v) is 3.08. The van der Waals surface area contributed by atoms with Crippen molar-refractivity contribution in [3.05, 3.63) is 23.9 Å². The highest BCUT2D eigenvalue weighted by Gasteiger charge is 2.24. The van der Waals surface area contributed by atoms with Gasteiger partial charge in [-0.15, -0.1) is 0 Å². The Labute approximate surface area is 98.5 Å². The lowest BCUT2D eigenvalue weighted by Gasteiger charge is -2.03. The van der Waals surface area contributed by atoms with Crippen molar-refractivity contribution in [3.8, 4) is 5.88 Å². The maximum atomic E-state index is 10.9. The molecular weight excluding hydrogens is 250 g/mol. The van der Waals surface area contributed by atoms with Crippen LogP contribution < -0.4 is 4.18 Å². The maximum Gasteiger partial charge on any atom is 0.468 e. The summed E-state index contributed by atoms with van der Waals surface area (Å²) in [6.07, 6.45) is 1.57. The lowest BCUT2D eigenvalue weighted by atomic mass is 10.2. The molecule has 0 aromatic carbocycles. The first-order chi connectivity index (χ1) is 7.46. The zero-order valence-electron chi connectivity index (χ0n) is 8.91. The van der Waals surface area contributed by atoms with Gasteiger partial charge in [0.1, 0.15) is 5.69 Å². The highest BCUT2D eigenvalue weighted by Crippen LogP contribution is 2.19. The van der Waals surface area contributed by atoms with Gasteiger partial charge in [0.15, 0.2) is 0 Å². The summed E-state index contributed by atoms with van der Waals surface area (Å²) in [6, 6.07) is 4.72. The Morgan fingerprint density at radius 2 is 2.19 bits per heavy atom. The fourth-order valence-corrected chi connectivity index (χ4v) is 1.91. The van der Waals surface area contributed by atoms with Gasteiger partial charge in [-0.05, 0) is 6.07 Å². The molecule has 0 bridgehead atoms. The number of aromatic nitrogens is 1. The number of nitrogens with zero attached hydrogens (tertiary/aromatic N) is 1. The topological polar surface area (TPSA) is 73.3 Å². The van der Waals surface area contributed by atoms with Crippen molar-refractivity contribution in [3.63, 3.8) is 0 Å². The monoisotopic (exact) mass is 262 g/mol. The van der Waals surface area contributed by atoms with Gasteiger partial charge in [-0.2, -0.15) is 8.42 Å². The van der Waals surface area contributed by atoms with Crippen LogP contribution in [-0.4, -0.2) is 19.7 Å². The van der Waals surface area contributed by atoms with Crippen molar-refractivity contribution in [1.82, 2.24) is 4.98 Å². The Kier molecular flexibility index (Phi) is 4.31. The third kappa shape index (κ3) is 3.82. The molecule has 16 heavy (non-hydrogen) atoms. The summed E-state index contributed by atoms with van der Waals surface area (Å²) in [5.41, 5.74) is 0.531. The molecule has 0 saturated carbocycles. The minimum atomic E-state index is -3.58. The number of pyridine rings is 1. The average molecular weight is 262 g/mol. The highest BCUT2D eigenvalue weighted by molar-refractivity contribution is 7.86. The van der Waals surface area contributed by atoms with Crippen LogP contribution in [0.5, 0.6) is 5.88 Å². The molecule has 1 rings (SSSR count). The van der Waals surface area contributed by atoms with E-state index >= 15 is 0 Å². The van der Waals surface area contributed by atoms with Gasteiger partial charge in [-0.3, -0.25) is 0 Å². The second-order valence-corrected chi connectivity index (χ2v) is 5.52. The van der Waals surface area contributed by atoms with Gasteiger partial charge >= 0.3 is 21.8 Å². The molecule has 5 nitrogen and oxygen atoms in total. The lowest BCUT2D eigenvalue weighted by molar-refractivity contribution is 0.481. The fourth-order valence-electron chi connectivity index (χ4n) is 1.14. The SMILES string of the molecule is CCC([S+]=O)c1cccc(OS(C)(=O)=O)n1. The van der Waals surface area contributed by atoms with Crippen LogP contribution in [0.15, 0.2) is 18.2 Å². The standard InChI is InChI=1S/C9H12NO4S2/c1-3-8(15-11)7-5-4-6-9(10-7)14-16(2,12)13/h4-6,8H,3H2,1-2H3/q+1. The summed E-state index contributed by atoms with van der Waals surface area (Å²) in [6.45, 7) is 1.86. The third-order valence-electron chi connectivity index (χ3n) is 1.80. The number of hydrogen-bond donors (Lipinski definition) is 0. The summed E-state index contributed by atoms with van der Waals surface area (Å²) in [5, 5.41) is -0.289. The van der Waals surface area contributed by atoms with Crippen LogP contribution in [0.25, 0.3) is 0 Å². The van der Waals surface area contributed by atoms with Crippen molar-refractivity contribution >= 4 is 21.8 Å². The van der Waals surface area contributed by atoms with Crippen molar-refractivity contribution in [2.45, 2.75) is 18.6 Å². The van der Waals surface area contributed by atoms with E-state index in [0.717, 1.165) is 6.26 Å².